The average Bonchev–Trinajstić information content (AvgIpc) is 2.70. The van der Waals surface area contributed by atoms with E-state index in [1.807, 2.05) is 0 Å². The fourth-order valence-corrected chi connectivity index (χ4v) is 1.92. The van der Waals surface area contributed by atoms with Crippen LogP contribution in [0.5, 0.6) is 0 Å². The van der Waals surface area contributed by atoms with Crippen LogP contribution in [0.3, 0.4) is 0 Å². The average molecular weight is 340 g/mol. The van der Waals surface area contributed by atoms with E-state index in [4.69, 9.17) is 4.74 Å². The van der Waals surface area contributed by atoms with E-state index in [1.54, 1.807) is 0 Å². The van der Waals surface area contributed by atoms with Gasteiger partial charge < -0.3 is 10.1 Å². The molecular weight excluding hydrogens is 324 g/mol. The molecule has 1 N–H and O–H groups in total. The normalized spacial score (nSPS) is 19.9. The zero-order valence-electron chi connectivity index (χ0n) is 8.41. The van der Waals surface area contributed by atoms with Crippen molar-refractivity contribution >= 4 is 35.0 Å². The number of halogens is 2. The molecule has 0 radical (unpaired) electrons. The summed E-state index contributed by atoms with van der Waals surface area (Å²) in [5.74, 6) is 0. The fraction of sp³-hybridized carbons (Fsp3) is 0.455. The molecule has 84 valence electrons. The Bertz CT molecular complexity index is 285. The number of benzene rings is 1. The topological polar surface area (TPSA) is 21.3 Å². The fourth-order valence-electron chi connectivity index (χ4n) is 1.57. The Morgan fingerprint density at radius 3 is 2.67 bits per heavy atom. The van der Waals surface area contributed by atoms with Gasteiger partial charge in [0.1, 0.15) is 0 Å². The second-order valence-corrected chi connectivity index (χ2v) is 4.80. The smallest absolute Gasteiger partial charge is 0.0721 e. The number of ether oxygens (including phenoxy) is 1. The van der Waals surface area contributed by atoms with Crippen LogP contribution in [0.25, 0.3) is 0 Å². The minimum atomic E-state index is 0. The minimum Gasteiger partial charge on any atom is -0.372 e. The molecule has 0 saturated carbocycles. The van der Waals surface area contributed by atoms with Crippen LogP contribution in [0.4, 0.5) is 0 Å². The molecule has 0 aromatic heterocycles. The van der Waals surface area contributed by atoms with Crippen LogP contribution < -0.4 is 5.32 Å². The van der Waals surface area contributed by atoms with Gasteiger partial charge in [0.05, 0.1) is 12.7 Å². The maximum absolute atomic E-state index is 5.76. The van der Waals surface area contributed by atoms with Gasteiger partial charge in [-0.25, -0.2) is 0 Å². The maximum atomic E-state index is 5.76. The second-order valence-electron chi connectivity index (χ2n) is 3.55. The largest absolute Gasteiger partial charge is 0.372 e. The van der Waals surface area contributed by atoms with Gasteiger partial charge in [0.25, 0.3) is 0 Å². The molecule has 15 heavy (non-hydrogen) atoms. The Morgan fingerprint density at radius 2 is 2.07 bits per heavy atom. The van der Waals surface area contributed by atoms with Crippen LogP contribution >= 0.6 is 35.0 Å². The highest BCUT2D eigenvalue weighted by atomic mass is 127. The van der Waals surface area contributed by atoms with Gasteiger partial charge >= 0.3 is 0 Å². The van der Waals surface area contributed by atoms with Crippen LogP contribution in [0.15, 0.2) is 24.3 Å². The molecule has 0 spiro atoms. The van der Waals surface area contributed by atoms with Crippen molar-refractivity contribution in [1.82, 2.24) is 5.32 Å². The summed E-state index contributed by atoms with van der Waals surface area (Å²) in [5, 5.41) is 3.29. The molecule has 0 unspecified atom stereocenters. The van der Waals surface area contributed by atoms with Crippen molar-refractivity contribution in [2.75, 3.05) is 13.1 Å². The Balaban J connectivity index is 0.00000112. The van der Waals surface area contributed by atoms with Gasteiger partial charge in [-0.3, -0.25) is 0 Å². The van der Waals surface area contributed by atoms with Crippen LogP contribution in [-0.2, 0) is 11.3 Å². The number of rotatable bonds is 3. The third kappa shape index (κ3) is 4.26. The van der Waals surface area contributed by atoms with E-state index in [-0.39, 0.29) is 12.4 Å². The highest BCUT2D eigenvalue weighted by Crippen LogP contribution is 2.10. The van der Waals surface area contributed by atoms with E-state index < -0.39 is 0 Å². The summed E-state index contributed by atoms with van der Waals surface area (Å²) >= 11 is 2.31. The number of hydrogen-bond acceptors (Lipinski definition) is 2. The van der Waals surface area contributed by atoms with Crippen molar-refractivity contribution in [2.45, 2.75) is 19.1 Å². The Morgan fingerprint density at radius 1 is 1.33 bits per heavy atom. The molecule has 1 saturated heterocycles. The highest BCUT2D eigenvalue weighted by Gasteiger charge is 2.14. The Kier molecular flexibility index (Phi) is 5.89. The summed E-state index contributed by atoms with van der Waals surface area (Å²) in [6, 6.07) is 8.49. The van der Waals surface area contributed by atoms with E-state index in [0.29, 0.717) is 6.10 Å². The summed E-state index contributed by atoms with van der Waals surface area (Å²) in [6.07, 6.45) is 1.55. The molecule has 1 atom stereocenters. The van der Waals surface area contributed by atoms with Crippen molar-refractivity contribution in [2.24, 2.45) is 0 Å². The van der Waals surface area contributed by atoms with Crippen molar-refractivity contribution in [3.8, 4) is 0 Å². The van der Waals surface area contributed by atoms with E-state index in [2.05, 4.69) is 52.2 Å². The molecule has 0 bridgehead atoms. The predicted molar refractivity (Wildman–Crippen MR) is 72.5 cm³/mol. The van der Waals surface area contributed by atoms with Gasteiger partial charge in [0.2, 0.25) is 0 Å². The molecule has 1 heterocycles. The summed E-state index contributed by atoms with van der Waals surface area (Å²) < 4.78 is 7.04. The van der Waals surface area contributed by atoms with Gasteiger partial charge in [-0.1, -0.05) is 12.1 Å². The summed E-state index contributed by atoms with van der Waals surface area (Å²) in [6.45, 7) is 2.84. The van der Waals surface area contributed by atoms with Crippen molar-refractivity contribution in [3.63, 3.8) is 0 Å². The summed E-state index contributed by atoms with van der Waals surface area (Å²) in [5.41, 5.74) is 1.26. The first-order valence-corrected chi connectivity index (χ1v) is 5.99. The first kappa shape index (κ1) is 13.2. The lowest BCUT2D eigenvalue weighted by Crippen LogP contribution is -2.16. The molecule has 2 nitrogen and oxygen atoms in total. The van der Waals surface area contributed by atoms with Crippen LogP contribution in [0.1, 0.15) is 12.0 Å². The van der Waals surface area contributed by atoms with Gasteiger partial charge in [-0.2, -0.15) is 0 Å². The zero-order valence-corrected chi connectivity index (χ0v) is 11.4. The highest BCUT2D eigenvalue weighted by molar-refractivity contribution is 14.1. The molecule has 0 aliphatic carbocycles. The monoisotopic (exact) mass is 339 g/mol. The van der Waals surface area contributed by atoms with Crippen molar-refractivity contribution < 1.29 is 4.74 Å². The molecule has 2 rings (SSSR count). The van der Waals surface area contributed by atoms with Crippen LogP contribution in [0.2, 0.25) is 0 Å². The minimum absolute atomic E-state index is 0. The van der Waals surface area contributed by atoms with Crippen molar-refractivity contribution in [3.05, 3.63) is 33.4 Å². The Hall–Kier alpha value is 0.160. The van der Waals surface area contributed by atoms with Gasteiger partial charge in [-0.15, -0.1) is 12.4 Å². The lowest BCUT2D eigenvalue weighted by Gasteiger charge is -2.10. The molecule has 1 aromatic carbocycles. The standard InChI is InChI=1S/C11H14INO.ClH/c12-10-3-1-9(2-4-10)8-14-11-5-6-13-7-11;/h1-4,11,13H,5-8H2;1H/t11-;/m1./s1. The zero-order chi connectivity index (χ0) is 9.80. The third-order valence-electron chi connectivity index (χ3n) is 2.41. The summed E-state index contributed by atoms with van der Waals surface area (Å²) in [4.78, 5) is 0. The first-order valence-electron chi connectivity index (χ1n) is 4.91. The second kappa shape index (κ2) is 6.68. The molecule has 4 heteroatoms. The van der Waals surface area contributed by atoms with E-state index >= 15 is 0 Å². The molecule has 1 aliphatic rings. The predicted octanol–water partition coefficient (Wildman–Crippen LogP) is 2.59. The number of hydrogen-bond donors (Lipinski definition) is 1. The van der Waals surface area contributed by atoms with Gasteiger partial charge in [0, 0.05) is 10.1 Å². The van der Waals surface area contributed by atoms with Gasteiger partial charge in [0.15, 0.2) is 0 Å². The molecule has 1 fully saturated rings. The molecule has 1 aliphatic heterocycles. The number of nitrogens with one attached hydrogen (secondary N) is 1. The van der Waals surface area contributed by atoms with Crippen molar-refractivity contribution in [1.29, 1.82) is 0 Å². The van der Waals surface area contributed by atoms with E-state index in [0.717, 1.165) is 26.1 Å². The van der Waals surface area contributed by atoms with Gasteiger partial charge in [-0.05, 0) is 53.3 Å². The molecular formula is C11H15ClINO. The van der Waals surface area contributed by atoms with Crippen LogP contribution in [-0.4, -0.2) is 19.2 Å². The molecule has 1 aromatic rings. The van der Waals surface area contributed by atoms with E-state index in [9.17, 15) is 0 Å². The lowest BCUT2D eigenvalue weighted by molar-refractivity contribution is 0.0542. The van der Waals surface area contributed by atoms with E-state index in [1.165, 1.54) is 9.13 Å². The Labute approximate surface area is 110 Å². The molecule has 0 amide bonds. The maximum Gasteiger partial charge on any atom is 0.0721 e. The first-order chi connectivity index (χ1) is 6.84. The lowest BCUT2D eigenvalue weighted by atomic mass is 10.2. The summed E-state index contributed by atoms with van der Waals surface area (Å²) in [7, 11) is 0. The quantitative estimate of drug-likeness (QED) is 0.855. The third-order valence-corrected chi connectivity index (χ3v) is 3.13. The van der Waals surface area contributed by atoms with Crippen LogP contribution in [0, 0.1) is 3.57 Å². The SMILES string of the molecule is Cl.Ic1ccc(CO[C@@H]2CCNC2)cc1.